The van der Waals surface area contributed by atoms with Crippen LogP contribution in [0.2, 0.25) is 0 Å². The molecule has 1 amide bonds. The first-order valence-corrected chi connectivity index (χ1v) is 5.79. The lowest BCUT2D eigenvalue weighted by Gasteiger charge is -2.25. The first-order chi connectivity index (χ1) is 8.54. The number of hydrogen-bond donors (Lipinski definition) is 2. The fourth-order valence-corrected chi connectivity index (χ4v) is 1.70. The van der Waals surface area contributed by atoms with Gasteiger partial charge >= 0.3 is 5.97 Å². The molecule has 1 aromatic rings. The Balaban J connectivity index is 2.54. The number of carboxylic acid groups (broad SMARTS) is 1. The van der Waals surface area contributed by atoms with Crippen molar-refractivity contribution in [3.63, 3.8) is 0 Å². The number of aliphatic carboxylic acids is 1. The number of nitrogens with zero attached hydrogens (tertiary/aromatic N) is 2. The standard InChI is InChI=1S/C11H17N3O4/c1-3-11(4-2,10(16)17)5-9(15)12-6-8-13-7-18-14-8/h7H,3-6H2,1-2H3,(H,12,15)(H,16,17). The van der Waals surface area contributed by atoms with E-state index in [1.54, 1.807) is 13.8 Å². The van der Waals surface area contributed by atoms with E-state index < -0.39 is 11.4 Å². The van der Waals surface area contributed by atoms with E-state index in [0.717, 1.165) is 0 Å². The molecule has 0 fully saturated rings. The van der Waals surface area contributed by atoms with Crippen LogP contribution in [0.3, 0.4) is 0 Å². The minimum atomic E-state index is -0.999. The van der Waals surface area contributed by atoms with Crippen molar-refractivity contribution in [2.24, 2.45) is 5.41 Å². The van der Waals surface area contributed by atoms with Crippen LogP contribution in [0.25, 0.3) is 0 Å². The molecular weight excluding hydrogens is 238 g/mol. The van der Waals surface area contributed by atoms with E-state index >= 15 is 0 Å². The highest BCUT2D eigenvalue weighted by molar-refractivity contribution is 5.84. The van der Waals surface area contributed by atoms with E-state index in [1.165, 1.54) is 6.39 Å². The molecular formula is C11H17N3O4. The van der Waals surface area contributed by atoms with Gasteiger partial charge in [0.25, 0.3) is 0 Å². The molecule has 0 unspecified atom stereocenters. The van der Waals surface area contributed by atoms with Crippen molar-refractivity contribution in [1.82, 2.24) is 15.5 Å². The third-order valence-electron chi connectivity index (χ3n) is 3.16. The van der Waals surface area contributed by atoms with E-state index in [1.807, 2.05) is 0 Å². The van der Waals surface area contributed by atoms with Crippen LogP contribution in [-0.4, -0.2) is 27.1 Å². The average molecular weight is 255 g/mol. The molecule has 100 valence electrons. The van der Waals surface area contributed by atoms with Gasteiger partial charge in [-0.15, -0.1) is 0 Å². The van der Waals surface area contributed by atoms with Crippen molar-refractivity contribution in [1.29, 1.82) is 0 Å². The zero-order chi connectivity index (χ0) is 13.6. The van der Waals surface area contributed by atoms with Crippen molar-refractivity contribution in [3.8, 4) is 0 Å². The second-order valence-corrected chi connectivity index (χ2v) is 4.09. The van der Waals surface area contributed by atoms with Gasteiger partial charge in [0.15, 0.2) is 5.82 Å². The molecule has 18 heavy (non-hydrogen) atoms. The minimum absolute atomic E-state index is 0.0484. The third-order valence-corrected chi connectivity index (χ3v) is 3.16. The fourth-order valence-electron chi connectivity index (χ4n) is 1.70. The number of nitrogens with one attached hydrogen (secondary N) is 1. The summed E-state index contributed by atoms with van der Waals surface area (Å²) in [5, 5.41) is 15.3. The summed E-state index contributed by atoms with van der Waals surface area (Å²) in [6.07, 6.45) is 1.94. The summed E-state index contributed by atoms with van der Waals surface area (Å²) in [5.74, 6) is -0.912. The SMILES string of the molecule is CCC(CC)(CC(=O)NCc1ncon1)C(=O)O. The lowest BCUT2D eigenvalue weighted by molar-refractivity contribution is -0.152. The van der Waals surface area contributed by atoms with Crippen molar-refractivity contribution in [2.75, 3.05) is 0 Å². The van der Waals surface area contributed by atoms with E-state index in [0.29, 0.717) is 18.7 Å². The van der Waals surface area contributed by atoms with Gasteiger partial charge in [-0.3, -0.25) is 9.59 Å². The zero-order valence-corrected chi connectivity index (χ0v) is 10.5. The van der Waals surface area contributed by atoms with Crippen LogP contribution in [0.5, 0.6) is 0 Å². The van der Waals surface area contributed by atoms with E-state index in [9.17, 15) is 14.7 Å². The van der Waals surface area contributed by atoms with Crippen LogP contribution in [0.15, 0.2) is 10.9 Å². The first kappa shape index (κ1) is 14.1. The molecule has 0 saturated carbocycles. The van der Waals surface area contributed by atoms with Gasteiger partial charge in [-0.25, -0.2) is 0 Å². The molecule has 7 heteroatoms. The molecule has 0 aromatic carbocycles. The van der Waals surface area contributed by atoms with Crippen LogP contribution in [0.1, 0.15) is 38.9 Å². The number of amides is 1. The molecule has 0 aliphatic rings. The predicted octanol–water partition coefficient (Wildman–Crippen LogP) is 0.967. The van der Waals surface area contributed by atoms with Gasteiger partial charge in [0.05, 0.1) is 12.0 Å². The number of carbonyl (C=O) groups is 2. The van der Waals surface area contributed by atoms with Gasteiger partial charge < -0.3 is 14.9 Å². The molecule has 1 aromatic heterocycles. The summed E-state index contributed by atoms with van der Waals surface area (Å²) in [6, 6.07) is 0. The van der Waals surface area contributed by atoms with E-state index in [2.05, 4.69) is 20.0 Å². The van der Waals surface area contributed by atoms with Gasteiger partial charge in [0.2, 0.25) is 12.3 Å². The van der Waals surface area contributed by atoms with Crippen molar-refractivity contribution in [3.05, 3.63) is 12.2 Å². The molecule has 0 saturated heterocycles. The fraction of sp³-hybridized carbons (Fsp3) is 0.636. The third kappa shape index (κ3) is 3.28. The van der Waals surface area contributed by atoms with Crippen molar-refractivity contribution >= 4 is 11.9 Å². The zero-order valence-electron chi connectivity index (χ0n) is 10.5. The summed E-state index contributed by atoms with van der Waals surface area (Å²) < 4.78 is 4.52. The molecule has 0 bridgehead atoms. The first-order valence-electron chi connectivity index (χ1n) is 5.79. The molecule has 0 radical (unpaired) electrons. The Bertz CT molecular complexity index is 398. The van der Waals surface area contributed by atoms with Crippen LogP contribution < -0.4 is 5.32 Å². The second-order valence-electron chi connectivity index (χ2n) is 4.09. The molecule has 0 spiro atoms. The Morgan fingerprint density at radius 3 is 2.56 bits per heavy atom. The van der Waals surface area contributed by atoms with Gasteiger partial charge in [0, 0.05) is 6.42 Å². The van der Waals surface area contributed by atoms with Crippen LogP contribution in [0.4, 0.5) is 0 Å². The highest BCUT2D eigenvalue weighted by Gasteiger charge is 2.37. The Labute approximate surface area is 105 Å². The molecule has 7 nitrogen and oxygen atoms in total. The maximum atomic E-state index is 11.7. The lowest BCUT2D eigenvalue weighted by Crippen LogP contribution is -2.36. The second kappa shape index (κ2) is 6.13. The molecule has 2 N–H and O–H groups in total. The Kier molecular flexibility index (Phi) is 4.82. The topological polar surface area (TPSA) is 105 Å². The summed E-state index contributed by atoms with van der Waals surface area (Å²) in [6.45, 7) is 3.67. The van der Waals surface area contributed by atoms with Gasteiger partial charge in [-0.05, 0) is 12.8 Å². The molecule has 1 rings (SSSR count). The largest absolute Gasteiger partial charge is 0.481 e. The number of carboxylic acids is 1. The van der Waals surface area contributed by atoms with Crippen molar-refractivity contribution in [2.45, 2.75) is 39.7 Å². The minimum Gasteiger partial charge on any atom is -0.481 e. The molecule has 0 aliphatic heterocycles. The molecule has 1 heterocycles. The van der Waals surface area contributed by atoms with Gasteiger partial charge in [-0.1, -0.05) is 19.0 Å². The normalized spacial score (nSPS) is 11.2. The quantitative estimate of drug-likeness (QED) is 0.752. The Morgan fingerprint density at radius 1 is 1.44 bits per heavy atom. The van der Waals surface area contributed by atoms with Crippen LogP contribution in [0, 0.1) is 5.41 Å². The lowest BCUT2D eigenvalue weighted by atomic mass is 9.79. The Hall–Kier alpha value is -1.92. The van der Waals surface area contributed by atoms with E-state index in [4.69, 9.17) is 0 Å². The summed E-state index contributed by atoms with van der Waals surface area (Å²) in [5.41, 5.74) is -0.999. The predicted molar refractivity (Wildman–Crippen MR) is 61.4 cm³/mol. The maximum Gasteiger partial charge on any atom is 0.310 e. The maximum absolute atomic E-state index is 11.7. The smallest absolute Gasteiger partial charge is 0.310 e. The number of hydrogen-bond acceptors (Lipinski definition) is 5. The average Bonchev–Trinajstić information content (AvgIpc) is 2.86. The van der Waals surface area contributed by atoms with Gasteiger partial charge in [-0.2, -0.15) is 4.98 Å². The number of aromatic nitrogens is 2. The monoisotopic (exact) mass is 255 g/mol. The van der Waals surface area contributed by atoms with Crippen molar-refractivity contribution < 1.29 is 19.2 Å². The summed E-state index contributed by atoms with van der Waals surface area (Å²) in [7, 11) is 0. The Morgan fingerprint density at radius 2 is 2.11 bits per heavy atom. The number of carbonyl (C=O) groups excluding carboxylic acids is 1. The molecule has 0 aliphatic carbocycles. The highest BCUT2D eigenvalue weighted by Crippen LogP contribution is 2.30. The summed E-state index contributed by atoms with van der Waals surface area (Å²) >= 11 is 0. The van der Waals surface area contributed by atoms with Crippen LogP contribution >= 0.6 is 0 Å². The molecule has 0 atom stereocenters. The van der Waals surface area contributed by atoms with E-state index in [-0.39, 0.29) is 18.9 Å². The number of rotatable bonds is 7. The summed E-state index contributed by atoms with van der Waals surface area (Å²) in [4.78, 5) is 26.7. The highest BCUT2D eigenvalue weighted by atomic mass is 16.5. The van der Waals surface area contributed by atoms with Crippen LogP contribution in [-0.2, 0) is 16.1 Å². The van der Waals surface area contributed by atoms with Gasteiger partial charge in [0.1, 0.15) is 0 Å².